The van der Waals surface area contributed by atoms with Gasteiger partial charge in [0.15, 0.2) is 0 Å². The van der Waals surface area contributed by atoms with Gasteiger partial charge in [-0.15, -0.1) is 0 Å². The summed E-state index contributed by atoms with van der Waals surface area (Å²) in [6.07, 6.45) is -3.57. The summed E-state index contributed by atoms with van der Waals surface area (Å²) in [5.41, 5.74) is 2.77. The number of ketones is 2. The Morgan fingerprint density at radius 1 is 0.920 bits per heavy atom. The Balaban J connectivity index is 0.000000482. The Hall–Kier alpha value is -3.96. The average molecular weight is 735 g/mol. The molecule has 0 radical (unpaired) electrons. The van der Waals surface area contributed by atoms with Crippen molar-refractivity contribution in [3.05, 3.63) is 57.2 Å². The number of Topliss-reactive ketones (excluding diaryl/α,β-unsaturated/α-hetero) is 2. The van der Waals surface area contributed by atoms with Crippen LogP contribution in [0.2, 0.25) is 0 Å². The number of phenols is 1. The van der Waals surface area contributed by atoms with Crippen molar-refractivity contribution in [3.63, 3.8) is 0 Å². The number of halogens is 6. The molecule has 0 bridgehead atoms. The van der Waals surface area contributed by atoms with Crippen LogP contribution in [0.1, 0.15) is 49.7 Å². The highest BCUT2D eigenvalue weighted by Crippen LogP contribution is 2.28. The molecule has 0 aliphatic heterocycles. The molecule has 0 saturated heterocycles. The first kappa shape index (κ1) is 40.5. The number of aromatic nitrogens is 1. The summed E-state index contributed by atoms with van der Waals surface area (Å²) in [6.45, 7) is 3.68. The lowest BCUT2D eigenvalue weighted by Crippen LogP contribution is -2.45. The van der Waals surface area contributed by atoms with Crippen molar-refractivity contribution >= 4 is 39.0 Å². The zero-order valence-electron chi connectivity index (χ0n) is 27.3. The van der Waals surface area contributed by atoms with Crippen LogP contribution < -0.4 is 20.2 Å². The van der Waals surface area contributed by atoms with Crippen molar-refractivity contribution in [3.8, 4) is 11.5 Å². The predicted molar refractivity (Wildman–Crippen MR) is 176 cm³/mol. The van der Waals surface area contributed by atoms with Crippen molar-refractivity contribution < 1.29 is 50.6 Å². The van der Waals surface area contributed by atoms with E-state index in [1.54, 1.807) is 13.2 Å². The van der Waals surface area contributed by atoms with Gasteiger partial charge in [-0.3, -0.25) is 19.2 Å². The fourth-order valence-corrected chi connectivity index (χ4v) is 6.40. The second-order valence-corrected chi connectivity index (χ2v) is 12.6. The summed E-state index contributed by atoms with van der Waals surface area (Å²) in [5, 5.41) is 16.9. The van der Waals surface area contributed by atoms with E-state index in [2.05, 4.69) is 32.7 Å². The van der Waals surface area contributed by atoms with Crippen LogP contribution in [0.15, 0.2) is 41.2 Å². The van der Waals surface area contributed by atoms with Crippen molar-refractivity contribution in [1.29, 1.82) is 0 Å². The first-order chi connectivity index (χ1) is 23.6. The van der Waals surface area contributed by atoms with Crippen LogP contribution in [0, 0.1) is 0 Å². The minimum Gasteiger partial charge on any atom is -0.506 e. The molecule has 3 aromatic rings. The lowest BCUT2D eigenvalue weighted by atomic mass is 9.94. The van der Waals surface area contributed by atoms with Gasteiger partial charge in [0.05, 0.1) is 11.8 Å². The summed E-state index contributed by atoms with van der Waals surface area (Å²) < 4.78 is 73.1. The monoisotopic (exact) mass is 734 g/mol. The second kappa shape index (κ2) is 18.9. The third-order valence-corrected chi connectivity index (χ3v) is 8.99. The Morgan fingerprint density at radius 3 is 2.20 bits per heavy atom. The second-order valence-electron chi connectivity index (χ2n) is 11.6. The molecule has 276 valence electrons. The maximum atomic E-state index is 13.2. The number of nitrogens with zero attached hydrogens (tertiary/aromatic N) is 1. The number of aromatic hydroxyl groups is 1. The molecular weight excluding hydrogens is 694 g/mol. The van der Waals surface area contributed by atoms with Gasteiger partial charge >= 0.3 is 28.8 Å². The minimum atomic E-state index is -5.77. The van der Waals surface area contributed by atoms with Crippen LogP contribution in [0.4, 0.5) is 26.3 Å². The number of H-pyrrole nitrogens is 1. The smallest absolute Gasteiger partial charge is 0.458 e. The van der Waals surface area contributed by atoms with Gasteiger partial charge in [-0.05, 0) is 68.1 Å². The normalized spacial score (nSPS) is 13.8. The standard InChI is InChI=1S/C29H40N4O4S.C4F6O2/c1-37-24-9-5-6-21(20-24)12-15-30-17-14-26(35)33(23-7-3-2-4-8-23)19-18-31-16-13-22-10-11-25(34)27-28(22)38-29(36)32-27;5-3(6,7)1(11)2(12)4(8,9)10/h5-6,9-11,20,23,30-31,34H,2-4,7-8,12-19H2,1H3,(H,32,36);. The van der Waals surface area contributed by atoms with Crippen molar-refractivity contribution in [1.82, 2.24) is 20.5 Å². The summed E-state index contributed by atoms with van der Waals surface area (Å²) in [4.78, 5) is 48.8. The lowest BCUT2D eigenvalue weighted by Gasteiger charge is -2.34. The van der Waals surface area contributed by atoms with E-state index in [1.165, 1.54) is 24.8 Å². The topological polar surface area (TPSA) is 141 Å². The number of benzene rings is 2. The Bertz CT molecular complexity index is 1610. The van der Waals surface area contributed by atoms with Gasteiger partial charge < -0.3 is 30.4 Å². The number of fused-ring (bicyclic) bond motifs is 1. The molecule has 1 aromatic heterocycles. The van der Waals surface area contributed by atoms with E-state index < -0.39 is 23.9 Å². The minimum absolute atomic E-state index is 0.103. The maximum Gasteiger partial charge on any atom is 0.458 e. The number of carbonyl (C=O) groups excluding carboxylic acids is 3. The number of nitrogens with one attached hydrogen (secondary N) is 3. The Morgan fingerprint density at radius 2 is 1.56 bits per heavy atom. The fourth-order valence-electron chi connectivity index (χ4n) is 5.50. The lowest BCUT2D eigenvalue weighted by molar-refractivity contribution is -0.193. The molecule has 4 rings (SSSR count). The number of rotatable bonds is 15. The van der Waals surface area contributed by atoms with E-state index in [4.69, 9.17) is 4.74 Å². The summed E-state index contributed by atoms with van der Waals surface area (Å²) in [6, 6.07) is 11.9. The number of phenolic OH excluding ortho intramolecular Hbond substituents is 1. The van der Waals surface area contributed by atoms with Crippen LogP contribution in [0.5, 0.6) is 11.5 Å². The van der Waals surface area contributed by atoms with Gasteiger partial charge in [-0.2, -0.15) is 26.3 Å². The molecule has 4 N–H and O–H groups in total. The number of aromatic amines is 1. The molecule has 1 saturated carbocycles. The highest BCUT2D eigenvalue weighted by molar-refractivity contribution is 7.16. The van der Waals surface area contributed by atoms with Crippen molar-refractivity contribution in [2.45, 2.75) is 69.8 Å². The highest BCUT2D eigenvalue weighted by Gasteiger charge is 2.54. The number of methoxy groups -OCH3 is 1. The number of hydrogen-bond acceptors (Lipinski definition) is 9. The molecule has 1 aliphatic carbocycles. The molecule has 1 amide bonds. The molecular formula is C33H40F6N4O6S. The van der Waals surface area contributed by atoms with Crippen LogP contribution in [0.25, 0.3) is 10.2 Å². The molecule has 10 nitrogen and oxygen atoms in total. The van der Waals surface area contributed by atoms with E-state index in [0.29, 0.717) is 31.1 Å². The number of ether oxygens (including phenoxy) is 1. The third kappa shape index (κ3) is 12.4. The highest BCUT2D eigenvalue weighted by atomic mass is 32.1. The first-order valence-electron chi connectivity index (χ1n) is 16.0. The molecule has 1 heterocycles. The van der Waals surface area contributed by atoms with Gasteiger partial charge in [-0.25, -0.2) is 0 Å². The summed E-state index contributed by atoms with van der Waals surface area (Å²) in [5.74, 6) is -5.62. The van der Waals surface area contributed by atoms with E-state index in [-0.39, 0.29) is 16.5 Å². The number of carbonyl (C=O) groups is 3. The molecule has 0 unspecified atom stereocenters. The van der Waals surface area contributed by atoms with Gasteiger partial charge in [-0.1, -0.05) is 48.8 Å². The zero-order valence-corrected chi connectivity index (χ0v) is 28.2. The van der Waals surface area contributed by atoms with Gasteiger partial charge in [0, 0.05) is 32.1 Å². The van der Waals surface area contributed by atoms with Crippen LogP contribution in [-0.4, -0.2) is 90.7 Å². The first-order valence-corrected chi connectivity index (χ1v) is 16.8. The van der Waals surface area contributed by atoms with E-state index in [0.717, 1.165) is 72.7 Å². The Labute approximate surface area is 288 Å². The molecule has 50 heavy (non-hydrogen) atoms. The molecule has 1 aliphatic rings. The number of hydrogen-bond donors (Lipinski definition) is 4. The number of alkyl halides is 6. The van der Waals surface area contributed by atoms with Crippen LogP contribution in [0.3, 0.4) is 0 Å². The van der Waals surface area contributed by atoms with Gasteiger partial charge in [0.2, 0.25) is 5.91 Å². The van der Waals surface area contributed by atoms with Crippen LogP contribution in [-0.2, 0) is 27.2 Å². The molecule has 17 heteroatoms. The molecule has 0 spiro atoms. The van der Waals surface area contributed by atoms with Gasteiger partial charge in [0.25, 0.3) is 0 Å². The molecule has 0 atom stereocenters. The number of thiazole rings is 1. The van der Waals surface area contributed by atoms with E-state index in [1.807, 2.05) is 18.2 Å². The van der Waals surface area contributed by atoms with Crippen molar-refractivity contribution in [2.75, 3.05) is 39.8 Å². The number of amides is 1. The zero-order chi connectivity index (χ0) is 36.9. The summed E-state index contributed by atoms with van der Waals surface area (Å²) >= 11 is 1.13. The van der Waals surface area contributed by atoms with E-state index >= 15 is 0 Å². The quantitative estimate of drug-likeness (QED) is 0.0965. The maximum absolute atomic E-state index is 13.2. The van der Waals surface area contributed by atoms with Crippen molar-refractivity contribution in [2.24, 2.45) is 0 Å². The van der Waals surface area contributed by atoms with E-state index in [9.17, 15) is 50.6 Å². The Kier molecular flexibility index (Phi) is 15.3. The average Bonchev–Trinajstić information content (AvgIpc) is 3.48. The predicted octanol–water partition coefficient (Wildman–Crippen LogP) is 5.07. The molecule has 2 aromatic carbocycles. The summed E-state index contributed by atoms with van der Waals surface area (Å²) in [7, 11) is 1.68. The van der Waals surface area contributed by atoms with Gasteiger partial charge in [0.1, 0.15) is 17.0 Å². The SMILES string of the molecule is COc1cccc(CCNCCC(=O)N(CCNCCc2ccc(O)c3[nH]c(=O)sc23)C2CCCCC2)c1.O=C(C(=O)C(F)(F)F)C(F)(F)F. The van der Waals surface area contributed by atoms with Crippen LogP contribution >= 0.6 is 11.3 Å². The third-order valence-electron chi connectivity index (χ3n) is 8.04. The molecule has 1 fully saturated rings. The largest absolute Gasteiger partial charge is 0.506 e. The fraction of sp³-hybridized carbons (Fsp3) is 0.515.